The average molecular weight is 159 g/mol. The Kier molecular flexibility index (Phi) is 3.22. The van der Waals surface area contributed by atoms with E-state index >= 15 is 0 Å². The summed E-state index contributed by atoms with van der Waals surface area (Å²) in [6, 6.07) is 0.199. The van der Waals surface area contributed by atoms with Gasteiger partial charge in [0.2, 0.25) is 0 Å². The second-order valence-corrected chi connectivity index (χ2v) is 3.71. The Hall–Kier alpha value is -0.0200. The van der Waals surface area contributed by atoms with Crippen LogP contribution in [0.2, 0.25) is 0 Å². The first-order valence-electron chi connectivity index (χ1n) is 3.73. The Bertz CT molecular complexity index is 118. The van der Waals surface area contributed by atoms with E-state index in [1.165, 1.54) is 6.42 Å². The van der Waals surface area contributed by atoms with Gasteiger partial charge in [-0.25, -0.2) is 4.31 Å². The van der Waals surface area contributed by atoms with Gasteiger partial charge in [-0.1, -0.05) is 18.9 Å². The van der Waals surface area contributed by atoms with E-state index < -0.39 is 0 Å². The molecule has 1 aliphatic heterocycles. The van der Waals surface area contributed by atoms with Crippen molar-refractivity contribution in [3.05, 3.63) is 0 Å². The highest BCUT2D eigenvalue weighted by Crippen LogP contribution is 2.23. The molecule has 0 N–H and O–H groups in total. The topological polar surface area (TPSA) is 20.3 Å². The van der Waals surface area contributed by atoms with Gasteiger partial charge >= 0.3 is 0 Å². The average Bonchev–Trinajstić information content (AvgIpc) is 2.36. The zero-order valence-corrected chi connectivity index (χ0v) is 7.06. The van der Waals surface area contributed by atoms with Crippen LogP contribution in [0.5, 0.6) is 0 Å². The van der Waals surface area contributed by atoms with E-state index in [4.69, 9.17) is 0 Å². The van der Waals surface area contributed by atoms with Crippen LogP contribution in [0.1, 0.15) is 19.8 Å². The van der Waals surface area contributed by atoms with Gasteiger partial charge in [0.1, 0.15) is 6.29 Å². The van der Waals surface area contributed by atoms with Crippen molar-refractivity contribution >= 4 is 18.2 Å². The fraction of sp³-hybridized carbons (Fsp3) is 0.857. The van der Waals surface area contributed by atoms with Gasteiger partial charge in [-0.15, -0.1) is 0 Å². The molecule has 2 nitrogen and oxygen atoms in total. The summed E-state index contributed by atoms with van der Waals surface area (Å²) >= 11 is 1.77. The molecular formula is C7H13NOS. The van der Waals surface area contributed by atoms with Gasteiger partial charge in [0.15, 0.2) is 0 Å². The lowest BCUT2D eigenvalue weighted by Gasteiger charge is -2.16. The molecule has 1 rings (SSSR count). The molecule has 3 heteroatoms. The number of carbonyl (C=O) groups excluding carboxylic acids is 1. The first-order chi connectivity index (χ1) is 4.88. The maximum atomic E-state index is 10.4. The molecule has 1 saturated heterocycles. The monoisotopic (exact) mass is 159 g/mol. The summed E-state index contributed by atoms with van der Waals surface area (Å²) in [6.07, 6.45) is 3.29. The Labute approximate surface area is 66.1 Å². The van der Waals surface area contributed by atoms with Crippen molar-refractivity contribution in [1.82, 2.24) is 4.31 Å². The summed E-state index contributed by atoms with van der Waals surface area (Å²) < 4.78 is 2.19. The lowest BCUT2D eigenvalue weighted by atomic mass is 10.2. The molecule has 0 aromatic carbocycles. The molecule has 1 atom stereocenters. The van der Waals surface area contributed by atoms with Crippen LogP contribution in [0.15, 0.2) is 0 Å². The first kappa shape index (κ1) is 8.08. The van der Waals surface area contributed by atoms with Crippen molar-refractivity contribution in [3.63, 3.8) is 0 Å². The molecule has 10 heavy (non-hydrogen) atoms. The quantitative estimate of drug-likeness (QED) is 0.457. The zero-order valence-electron chi connectivity index (χ0n) is 6.25. The van der Waals surface area contributed by atoms with E-state index in [0.717, 1.165) is 25.0 Å². The van der Waals surface area contributed by atoms with Gasteiger partial charge in [-0.2, -0.15) is 0 Å². The Morgan fingerprint density at radius 3 is 3.20 bits per heavy atom. The molecule has 58 valence electrons. The number of hydrogen-bond acceptors (Lipinski definition) is 3. The van der Waals surface area contributed by atoms with E-state index in [-0.39, 0.29) is 6.04 Å². The van der Waals surface area contributed by atoms with Crippen LogP contribution in [0, 0.1) is 0 Å². The van der Waals surface area contributed by atoms with Crippen LogP contribution in [0.25, 0.3) is 0 Å². The largest absolute Gasteiger partial charge is 0.302 e. The van der Waals surface area contributed by atoms with Crippen LogP contribution < -0.4 is 0 Å². The van der Waals surface area contributed by atoms with Gasteiger partial charge < -0.3 is 4.79 Å². The van der Waals surface area contributed by atoms with Gasteiger partial charge in [0.05, 0.1) is 6.04 Å². The van der Waals surface area contributed by atoms with Crippen LogP contribution in [-0.2, 0) is 4.79 Å². The predicted octanol–water partition coefficient (Wildman–Crippen LogP) is 1.32. The van der Waals surface area contributed by atoms with Crippen molar-refractivity contribution in [2.75, 3.05) is 12.3 Å². The molecule has 0 unspecified atom stereocenters. The lowest BCUT2D eigenvalue weighted by Crippen LogP contribution is -2.23. The van der Waals surface area contributed by atoms with E-state index in [2.05, 4.69) is 11.2 Å². The number of aldehydes is 1. The molecule has 0 spiro atoms. The molecule has 1 heterocycles. The minimum atomic E-state index is 0.199. The first-order valence-corrected chi connectivity index (χ1v) is 4.67. The predicted molar refractivity (Wildman–Crippen MR) is 43.9 cm³/mol. The van der Waals surface area contributed by atoms with Crippen LogP contribution in [-0.4, -0.2) is 28.9 Å². The number of carbonyl (C=O) groups is 1. The summed E-state index contributed by atoms with van der Waals surface area (Å²) in [6.45, 7) is 3.20. The minimum absolute atomic E-state index is 0.199. The molecule has 1 aliphatic rings. The smallest absolute Gasteiger partial charge is 0.138 e. The van der Waals surface area contributed by atoms with Gasteiger partial charge in [0.25, 0.3) is 0 Å². The van der Waals surface area contributed by atoms with E-state index in [1.54, 1.807) is 11.9 Å². The van der Waals surface area contributed by atoms with Crippen molar-refractivity contribution in [2.45, 2.75) is 25.8 Å². The molecule has 0 radical (unpaired) electrons. The SMILES string of the molecule is CCSN1CCC[C@H]1C=O. The molecular weight excluding hydrogens is 146 g/mol. The summed E-state index contributed by atoms with van der Waals surface area (Å²) in [5.41, 5.74) is 0. The van der Waals surface area contributed by atoms with Gasteiger partial charge in [-0.3, -0.25) is 0 Å². The normalized spacial score (nSPS) is 27.1. The van der Waals surface area contributed by atoms with E-state index in [1.807, 2.05) is 0 Å². The van der Waals surface area contributed by atoms with Crippen molar-refractivity contribution in [1.29, 1.82) is 0 Å². The molecule has 1 fully saturated rings. The molecule has 0 bridgehead atoms. The standard InChI is InChI=1S/C7H13NOS/c1-2-10-8-5-3-4-7(8)6-9/h6-7H,2-5H2,1H3/t7-/m0/s1. The third-order valence-electron chi connectivity index (χ3n) is 1.70. The molecule has 0 aromatic rings. The Morgan fingerprint density at radius 1 is 1.80 bits per heavy atom. The number of hydrogen-bond donors (Lipinski definition) is 0. The number of nitrogens with zero attached hydrogens (tertiary/aromatic N) is 1. The van der Waals surface area contributed by atoms with Crippen LogP contribution in [0.4, 0.5) is 0 Å². The van der Waals surface area contributed by atoms with E-state index in [9.17, 15) is 4.79 Å². The van der Waals surface area contributed by atoms with Crippen molar-refractivity contribution in [2.24, 2.45) is 0 Å². The summed E-state index contributed by atoms with van der Waals surface area (Å²) in [5.74, 6) is 1.07. The fourth-order valence-electron chi connectivity index (χ4n) is 1.23. The second kappa shape index (κ2) is 3.98. The highest BCUT2D eigenvalue weighted by atomic mass is 32.2. The van der Waals surface area contributed by atoms with Crippen molar-refractivity contribution < 1.29 is 4.79 Å². The van der Waals surface area contributed by atoms with E-state index in [0.29, 0.717) is 0 Å². The van der Waals surface area contributed by atoms with Crippen molar-refractivity contribution in [3.8, 4) is 0 Å². The summed E-state index contributed by atoms with van der Waals surface area (Å²) in [7, 11) is 0. The Balaban J connectivity index is 2.34. The summed E-state index contributed by atoms with van der Waals surface area (Å²) in [5, 5.41) is 0. The number of rotatable bonds is 3. The van der Waals surface area contributed by atoms with Gasteiger partial charge in [-0.05, 0) is 12.8 Å². The zero-order chi connectivity index (χ0) is 7.40. The maximum absolute atomic E-state index is 10.4. The maximum Gasteiger partial charge on any atom is 0.138 e. The second-order valence-electron chi connectivity index (χ2n) is 2.40. The minimum Gasteiger partial charge on any atom is -0.302 e. The lowest BCUT2D eigenvalue weighted by molar-refractivity contribution is -0.110. The fourth-order valence-corrected chi connectivity index (χ4v) is 2.16. The Morgan fingerprint density at radius 2 is 2.60 bits per heavy atom. The molecule has 0 saturated carbocycles. The highest BCUT2D eigenvalue weighted by Gasteiger charge is 2.23. The molecule has 0 aromatic heterocycles. The van der Waals surface area contributed by atoms with Gasteiger partial charge in [0, 0.05) is 12.3 Å². The molecule has 0 amide bonds. The highest BCUT2D eigenvalue weighted by molar-refractivity contribution is 7.97. The molecule has 0 aliphatic carbocycles. The third kappa shape index (κ3) is 1.73. The van der Waals surface area contributed by atoms with Crippen LogP contribution in [0.3, 0.4) is 0 Å². The van der Waals surface area contributed by atoms with Crippen LogP contribution >= 0.6 is 11.9 Å². The summed E-state index contributed by atoms with van der Waals surface area (Å²) in [4.78, 5) is 10.4. The third-order valence-corrected chi connectivity index (χ3v) is 2.74.